The first-order valence-corrected chi connectivity index (χ1v) is 6.50. The minimum atomic E-state index is 0.118. The van der Waals surface area contributed by atoms with Crippen molar-refractivity contribution in [3.63, 3.8) is 0 Å². The fourth-order valence-corrected chi connectivity index (χ4v) is 1.75. The monoisotopic (exact) mass is 248 g/mol. The summed E-state index contributed by atoms with van der Waals surface area (Å²) in [6.07, 6.45) is 3.08. The minimum absolute atomic E-state index is 0.118. The number of rotatable bonds is 8. The van der Waals surface area contributed by atoms with Crippen LogP contribution in [0.2, 0.25) is 0 Å². The van der Waals surface area contributed by atoms with E-state index in [9.17, 15) is 0 Å². The summed E-state index contributed by atoms with van der Waals surface area (Å²) in [5, 5.41) is 0. The molecule has 0 aromatic heterocycles. The zero-order chi connectivity index (χ0) is 13.4. The fourth-order valence-electron chi connectivity index (χ4n) is 1.75. The predicted octanol–water partition coefficient (Wildman–Crippen LogP) is 3.34. The molecule has 0 aliphatic rings. The van der Waals surface area contributed by atoms with Crippen molar-refractivity contribution in [1.29, 1.82) is 0 Å². The lowest BCUT2D eigenvalue weighted by Gasteiger charge is -2.16. The Hall–Kier alpha value is -1.32. The molecule has 0 heterocycles. The van der Waals surface area contributed by atoms with Gasteiger partial charge in [0.15, 0.2) is 0 Å². The molecule has 1 unspecified atom stereocenters. The number of nitrogens with two attached hydrogens (primary N) is 1. The Kier molecular flexibility index (Phi) is 6.47. The van der Waals surface area contributed by atoms with Crippen molar-refractivity contribution in [3.8, 4) is 5.75 Å². The smallest absolute Gasteiger partial charge is 0.119 e. The normalized spacial score (nSPS) is 12.2. The Morgan fingerprint density at radius 3 is 2.56 bits per heavy atom. The average Bonchev–Trinajstić information content (AvgIpc) is 2.37. The van der Waals surface area contributed by atoms with Crippen molar-refractivity contribution in [2.24, 2.45) is 5.84 Å². The van der Waals surface area contributed by atoms with Gasteiger partial charge in [-0.15, -0.1) is 6.58 Å². The first-order chi connectivity index (χ1) is 8.67. The lowest BCUT2D eigenvalue weighted by Crippen LogP contribution is -2.28. The van der Waals surface area contributed by atoms with E-state index in [4.69, 9.17) is 10.6 Å². The third-order valence-electron chi connectivity index (χ3n) is 2.80. The molecule has 1 aromatic rings. The number of unbranched alkanes of at least 4 members (excludes halogenated alkanes) is 1. The second-order valence-corrected chi connectivity index (χ2v) is 4.65. The molecule has 3 N–H and O–H groups in total. The highest BCUT2D eigenvalue weighted by molar-refractivity contribution is 5.29. The highest BCUT2D eigenvalue weighted by atomic mass is 16.5. The molecule has 0 saturated carbocycles. The van der Waals surface area contributed by atoms with Crippen LogP contribution in [0.4, 0.5) is 0 Å². The van der Waals surface area contributed by atoms with E-state index in [0.717, 1.165) is 42.8 Å². The van der Waals surface area contributed by atoms with E-state index in [-0.39, 0.29) is 6.04 Å². The second kappa shape index (κ2) is 7.90. The zero-order valence-corrected chi connectivity index (χ0v) is 11.4. The first kappa shape index (κ1) is 14.7. The van der Waals surface area contributed by atoms with Crippen LogP contribution < -0.4 is 16.0 Å². The Balaban J connectivity index is 2.59. The van der Waals surface area contributed by atoms with Gasteiger partial charge < -0.3 is 4.74 Å². The van der Waals surface area contributed by atoms with Gasteiger partial charge in [-0.2, -0.15) is 0 Å². The Bertz CT molecular complexity index is 359. The third kappa shape index (κ3) is 4.90. The van der Waals surface area contributed by atoms with Gasteiger partial charge in [-0.3, -0.25) is 11.3 Å². The summed E-state index contributed by atoms with van der Waals surface area (Å²) in [5.74, 6) is 6.48. The lowest BCUT2D eigenvalue weighted by atomic mass is 10.0. The minimum Gasteiger partial charge on any atom is -0.494 e. The molecule has 18 heavy (non-hydrogen) atoms. The van der Waals surface area contributed by atoms with Gasteiger partial charge >= 0.3 is 0 Å². The van der Waals surface area contributed by atoms with Crippen molar-refractivity contribution >= 4 is 0 Å². The standard InChI is InChI=1S/C15H24N2O/c1-4-5-10-18-14-8-6-13(7-9-14)15(17-16)11-12(2)3/h6-9,15,17H,2,4-5,10-11,16H2,1,3H3. The Morgan fingerprint density at radius 2 is 2.06 bits per heavy atom. The summed E-state index contributed by atoms with van der Waals surface area (Å²) in [6, 6.07) is 8.21. The molecule has 0 saturated heterocycles. The molecule has 0 fully saturated rings. The maximum atomic E-state index is 5.63. The van der Waals surface area contributed by atoms with Gasteiger partial charge in [0.1, 0.15) is 5.75 Å². The molecule has 100 valence electrons. The molecule has 0 bridgehead atoms. The third-order valence-corrected chi connectivity index (χ3v) is 2.80. The van der Waals surface area contributed by atoms with E-state index in [1.165, 1.54) is 0 Å². The molecule has 1 rings (SSSR count). The van der Waals surface area contributed by atoms with Gasteiger partial charge in [0.2, 0.25) is 0 Å². The molecule has 0 spiro atoms. The van der Waals surface area contributed by atoms with Crippen LogP contribution in [0.3, 0.4) is 0 Å². The number of benzene rings is 1. The maximum Gasteiger partial charge on any atom is 0.119 e. The van der Waals surface area contributed by atoms with Gasteiger partial charge in [0, 0.05) is 6.04 Å². The maximum absolute atomic E-state index is 5.63. The number of nitrogens with one attached hydrogen (secondary N) is 1. The van der Waals surface area contributed by atoms with Crippen LogP contribution in [0.15, 0.2) is 36.4 Å². The highest BCUT2D eigenvalue weighted by Gasteiger charge is 2.09. The Morgan fingerprint density at radius 1 is 1.39 bits per heavy atom. The van der Waals surface area contributed by atoms with E-state index < -0.39 is 0 Å². The van der Waals surface area contributed by atoms with Crippen LogP contribution in [-0.2, 0) is 0 Å². The van der Waals surface area contributed by atoms with Crippen molar-refractivity contribution in [2.45, 2.75) is 39.2 Å². The molecule has 0 aliphatic heterocycles. The number of hydrogen-bond donors (Lipinski definition) is 2. The molecule has 1 atom stereocenters. The van der Waals surface area contributed by atoms with Crippen LogP contribution in [0.5, 0.6) is 5.75 Å². The number of hydrazine groups is 1. The summed E-state index contributed by atoms with van der Waals surface area (Å²) in [6.45, 7) is 8.85. The van der Waals surface area contributed by atoms with Crippen molar-refractivity contribution in [1.82, 2.24) is 5.43 Å². The van der Waals surface area contributed by atoms with E-state index >= 15 is 0 Å². The van der Waals surface area contributed by atoms with Crippen LogP contribution in [-0.4, -0.2) is 6.61 Å². The molecule has 0 radical (unpaired) electrons. The van der Waals surface area contributed by atoms with Crippen LogP contribution in [0.1, 0.15) is 44.7 Å². The van der Waals surface area contributed by atoms with Gasteiger partial charge in [0.05, 0.1) is 6.61 Å². The summed E-state index contributed by atoms with van der Waals surface area (Å²) < 4.78 is 5.63. The summed E-state index contributed by atoms with van der Waals surface area (Å²) in [7, 11) is 0. The molecular formula is C15H24N2O. The summed E-state index contributed by atoms with van der Waals surface area (Å²) >= 11 is 0. The topological polar surface area (TPSA) is 47.3 Å². The molecule has 1 aromatic carbocycles. The van der Waals surface area contributed by atoms with Crippen LogP contribution in [0.25, 0.3) is 0 Å². The quantitative estimate of drug-likeness (QED) is 0.321. The van der Waals surface area contributed by atoms with E-state index in [1.54, 1.807) is 0 Å². The van der Waals surface area contributed by atoms with Crippen molar-refractivity contribution in [2.75, 3.05) is 6.61 Å². The van der Waals surface area contributed by atoms with E-state index in [2.05, 4.69) is 31.1 Å². The molecule has 3 nitrogen and oxygen atoms in total. The fraction of sp³-hybridized carbons (Fsp3) is 0.467. The highest BCUT2D eigenvalue weighted by Crippen LogP contribution is 2.22. The first-order valence-electron chi connectivity index (χ1n) is 6.50. The molecule has 3 heteroatoms. The Labute approximate surface area is 110 Å². The summed E-state index contributed by atoms with van der Waals surface area (Å²) in [4.78, 5) is 0. The second-order valence-electron chi connectivity index (χ2n) is 4.65. The number of ether oxygens (including phenoxy) is 1. The summed E-state index contributed by atoms with van der Waals surface area (Å²) in [5.41, 5.74) is 5.09. The van der Waals surface area contributed by atoms with Gasteiger partial charge in [-0.1, -0.05) is 31.1 Å². The number of hydrogen-bond acceptors (Lipinski definition) is 3. The molecule has 0 aliphatic carbocycles. The van der Waals surface area contributed by atoms with E-state index in [1.807, 2.05) is 19.1 Å². The van der Waals surface area contributed by atoms with Crippen molar-refractivity contribution < 1.29 is 4.74 Å². The predicted molar refractivity (Wildman–Crippen MR) is 76.3 cm³/mol. The van der Waals surface area contributed by atoms with Crippen LogP contribution >= 0.6 is 0 Å². The zero-order valence-electron chi connectivity index (χ0n) is 11.4. The molecule has 0 amide bonds. The van der Waals surface area contributed by atoms with Gasteiger partial charge in [0.25, 0.3) is 0 Å². The largest absolute Gasteiger partial charge is 0.494 e. The van der Waals surface area contributed by atoms with Crippen molar-refractivity contribution in [3.05, 3.63) is 42.0 Å². The average molecular weight is 248 g/mol. The van der Waals surface area contributed by atoms with Crippen LogP contribution in [0, 0.1) is 0 Å². The SMILES string of the molecule is C=C(C)CC(NN)c1ccc(OCCCC)cc1. The van der Waals surface area contributed by atoms with Gasteiger partial charge in [-0.05, 0) is 37.5 Å². The lowest BCUT2D eigenvalue weighted by molar-refractivity contribution is 0.309. The van der Waals surface area contributed by atoms with E-state index in [0.29, 0.717) is 0 Å². The molecular weight excluding hydrogens is 224 g/mol. The van der Waals surface area contributed by atoms with Gasteiger partial charge in [-0.25, -0.2) is 0 Å².